The van der Waals surface area contributed by atoms with Gasteiger partial charge in [0.1, 0.15) is 0 Å². The summed E-state index contributed by atoms with van der Waals surface area (Å²) >= 11 is 1.66. The number of nitrogens with zero attached hydrogens (tertiary/aromatic N) is 2. The second kappa shape index (κ2) is 5.51. The molecule has 0 bridgehead atoms. The Morgan fingerprint density at radius 2 is 2.20 bits per heavy atom. The Hall–Kier alpha value is -0.550. The van der Waals surface area contributed by atoms with Crippen molar-refractivity contribution in [1.82, 2.24) is 10.2 Å². The van der Waals surface area contributed by atoms with Gasteiger partial charge in [-0.2, -0.15) is 0 Å². The molecular weight excluding hydrogens is 210 g/mol. The number of rotatable bonds is 4. The standard InChI is InChI=1S/C10H17N3OS/c1-2-7-15-10-13-12-9(14-10)8-3-5-11-6-4-8/h8,11H,2-7H2,1H3/p+1. The first kappa shape index (κ1) is 11.0. The Morgan fingerprint density at radius 1 is 1.40 bits per heavy atom. The molecule has 15 heavy (non-hydrogen) atoms. The molecule has 0 unspecified atom stereocenters. The van der Waals surface area contributed by atoms with Gasteiger partial charge in [0.25, 0.3) is 5.22 Å². The van der Waals surface area contributed by atoms with Gasteiger partial charge < -0.3 is 9.73 Å². The zero-order valence-electron chi connectivity index (χ0n) is 9.11. The first-order valence-electron chi connectivity index (χ1n) is 5.68. The fourth-order valence-corrected chi connectivity index (χ4v) is 2.43. The third kappa shape index (κ3) is 2.95. The van der Waals surface area contributed by atoms with Crippen molar-refractivity contribution in [3.8, 4) is 0 Å². The smallest absolute Gasteiger partial charge is 0.276 e. The van der Waals surface area contributed by atoms with Crippen molar-refractivity contribution in [1.29, 1.82) is 0 Å². The zero-order valence-corrected chi connectivity index (χ0v) is 9.92. The summed E-state index contributed by atoms with van der Waals surface area (Å²) in [4.78, 5) is 0. The van der Waals surface area contributed by atoms with Gasteiger partial charge in [-0.3, -0.25) is 0 Å². The third-order valence-corrected chi connectivity index (χ3v) is 3.66. The molecule has 0 saturated carbocycles. The fourth-order valence-electron chi connectivity index (χ4n) is 1.81. The first-order chi connectivity index (χ1) is 7.40. The van der Waals surface area contributed by atoms with E-state index >= 15 is 0 Å². The van der Waals surface area contributed by atoms with Crippen LogP contribution < -0.4 is 5.32 Å². The van der Waals surface area contributed by atoms with Crippen molar-refractivity contribution >= 4 is 11.8 Å². The van der Waals surface area contributed by atoms with E-state index in [1.165, 1.54) is 25.9 Å². The minimum atomic E-state index is 0.499. The number of thioether (sulfide) groups is 1. The van der Waals surface area contributed by atoms with E-state index in [0.717, 1.165) is 23.3 Å². The van der Waals surface area contributed by atoms with Crippen LogP contribution in [-0.2, 0) is 0 Å². The number of aromatic nitrogens is 2. The molecule has 0 atom stereocenters. The van der Waals surface area contributed by atoms with E-state index in [9.17, 15) is 0 Å². The van der Waals surface area contributed by atoms with Crippen molar-refractivity contribution < 1.29 is 9.73 Å². The summed E-state index contributed by atoms with van der Waals surface area (Å²) < 4.78 is 5.65. The minimum absolute atomic E-state index is 0.499. The number of piperidine rings is 1. The van der Waals surface area contributed by atoms with Crippen molar-refractivity contribution in [2.45, 2.75) is 37.3 Å². The highest BCUT2D eigenvalue weighted by Crippen LogP contribution is 2.25. The zero-order chi connectivity index (χ0) is 10.5. The van der Waals surface area contributed by atoms with E-state index in [4.69, 9.17) is 4.42 Å². The summed E-state index contributed by atoms with van der Waals surface area (Å²) in [7, 11) is 0. The second-order valence-electron chi connectivity index (χ2n) is 3.89. The van der Waals surface area contributed by atoms with Gasteiger partial charge in [0.05, 0.1) is 13.1 Å². The van der Waals surface area contributed by atoms with Crippen molar-refractivity contribution in [2.75, 3.05) is 18.8 Å². The van der Waals surface area contributed by atoms with Gasteiger partial charge >= 0.3 is 0 Å². The highest BCUT2D eigenvalue weighted by atomic mass is 32.2. The maximum atomic E-state index is 5.65. The summed E-state index contributed by atoms with van der Waals surface area (Å²) in [6, 6.07) is 0. The van der Waals surface area contributed by atoms with Gasteiger partial charge in [-0.05, 0) is 6.42 Å². The second-order valence-corrected chi connectivity index (χ2v) is 4.94. The lowest BCUT2D eigenvalue weighted by atomic mass is 9.98. The molecule has 0 aliphatic carbocycles. The highest BCUT2D eigenvalue weighted by molar-refractivity contribution is 7.99. The molecule has 1 aromatic rings. The van der Waals surface area contributed by atoms with Crippen molar-refractivity contribution in [3.63, 3.8) is 0 Å². The Labute approximate surface area is 94.2 Å². The SMILES string of the molecule is CCCSc1nnc(C2CC[NH2+]CC2)o1. The van der Waals surface area contributed by atoms with Gasteiger partial charge in [-0.15, -0.1) is 10.2 Å². The minimum Gasteiger partial charge on any atom is -0.416 e. The van der Waals surface area contributed by atoms with Crippen LogP contribution in [0.15, 0.2) is 9.64 Å². The molecule has 1 aliphatic rings. The van der Waals surface area contributed by atoms with Crippen LogP contribution in [0.5, 0.6) is 0 Å². The average Bonchev–Trinajstić information content (AvgIpc) is 2.76. The summed E-state index contributed by atoms with van der Waals surface area (Å²) in [5, 5.41) is 11.3. The Balaban J connectivity index is 1.93. The molecular formula is C10H18N3OS+. The molecule has 1 aromatic heterocycles. The normalized spacial score (nSPS) is 18.2. The van der Waals surface area contributed by atoms with Gasteiger partial charge in [-0.1, -0.05) is 18.7 Å². The third-order valence-electron chi connectivity index (χ3n) is 2.64. The van der Waals surface area contributed by atoms with Gasteiger partial charge in [0.2, 0.25) is 5.89 Å². The lowest BCUT2D eigenvalue weighted by Crippen LogP contribution is -2.86. The molecule has 0 aromatic carbocycles. The van der Waals surface area contributed by atoms with E-state index in [1.54, 1.807) is 11.8 Å². The number of quaternary nitrogens is 1. The fraction of sp³-hybridized carbons (Fsp3) is 0.800. The van der Waals surface area contributed by atoms with Crippen LogP contribution in [0.25, 0.3) is 0 Å². The topological polar surface area (TPSA) is 55.5 Å². The number of hydrogen-bond acceptors (Lipinski definition) is 4. The molecule has 2 heterocycles. The van der Waals surface area contributed by atoms with Crippen LogP contribution in [0.2, 0.25) is 0 Å². The predicted octanol–water partition coefficient (Wildman–Crippen LogP) is 1.01. The molecule has 1 fully saturated rings. The summed E-state index contributed by atoms with van der Waals surface area (Å²) in [6.45, 7) is 4.52. The van der Waals surface area contributed by atoms with Crippen LogP contribution in [0.4, 0.5) is 0 Å². The Bertz CT molecular complexity index is 297. The summed E-state index contributed by atoms with van der Waals surface area (Å²) in [5.74, 6) is 2.40. The molecule has 0 amide bonds. The van der Waals surface area contributed by atoms with Crippen molar-refractivity contribution in [3.05, 3.63) is 5.89 Å². The number of hydrogen-bond donors (Lipinski definition) is 1. The monoisotopic (exact) mass is 228 g/mol. The van der Waals surface area contributed by atoms with E-state index in [-0.39, 0.29) is 0 Å². The van der Waals surface area contributed by atoms with Crippen LogP contribution in [0.3, 0.4) is 0 Å². The van der Waals surface area contributed by atoms with E-state index < -0.39 is 0 Å². The van der Waals surface area contributed by atoms with Gasteiger partial charge in [0, 0.05) is 24.5 Å². The van der Waals surface area contributed by atoms with Crippen LogP contribution >= 0.6 is 11.8 Å². The lowest BCUT2D eigenvalue weighted by Gasteiger charge is -2.16. The average molecular weight is 228 g/mol. The predicted molar refractivity (Wildman–Crippen MR) is 58.9 cm³/mol. The molecule has 4 nitrogen and oxygen atoms in total. The van der Waals surface area contributed by atoms with Gasteiger partial charge in [-0.25, -0.2) is 0 Å². The van der Waals surface area contributed by atoms with Gasteiger partial charge in [0.15, 0.2) is 0 Å². The summed E-state index contributed by atoms with van der Waals surface area (Å²) in [5.41, 5.74) is 0. The molecule has 2 N–H and O–H groups in total. The molecule has 84 valence electrons. The molecule has 0 spiro atoms. The Kier molecular flexibility index (Phi) is 4.02. The molecule has 1 saturated heterocycles. The quantitative estimate of drug-likeness (QED) is 0.782. The summed E-state index contributed by atoms with van der Waals surface area (Å²) in [6.07, 6.45) is 3.47. The number of nitrogens with two attached hydrogens (primary N) is 1. The maximum absolute atomic E-state index is 5.65. The molecule has 2 rings (SSSR count). The first-order valence-corrected chi connectivity index (χ1v) is 6.66. The molecule has 5 heteroatoms. The van der Waals surface area contributed by atoms with E-state index in [0.29, 0.717) is 5.92 Å². The molecule has 0 radical (unpaired) electrons. The van der Waals surface area contributed by atoms with Crippen LogP contribution in [0, 0.1) is 0 Å². The van der Waals surface area contributed by atoms with Crippen LogP contribution in [0.1, 0.15) is 38.0 Å². The van der Waals surface area contributed by atoms with Crippen molar-refractivity contribution in [2.24, 2.45) is 0 Å². The Morgan fingerprint density at radius 3 is 2.93 bits per heavy atom. The van der Waals surface area contributed by atoms with E-state index in [1.807, 2.05) is 0 Å². The highest BCUT2D eigenvalue weighted by Gasteiger charge is 2.22. The largest absolute Gasteiger partial charge is 0.416 e. The van der Waals surface area contributed by atoms with E-state index in [2.05, 4.69) is 22.4 Å². The maximum Gasteiger partial charge on any atom is 0.276 e. The molecule has 1 aliphatic heterocycles. The van der Waals surface area contributed by atoms with Crippen LogP contribution in [-0.4, -0.2) is 29.0 Å². The lowest BCUT2D eigenvalue weighted by molar-refractivity contribution is -0.663.